The molecule has 1 atom stereocenters. The molecule has 0 saturated carbocycles. The normalized spacial score (nSPS) is 13.4. The van der Waals surface area contributed by atoms with E-state index in [9.17, 15) is 13.2 Å². The smallest absolute Gasteiger partial charge is 0.221 e. The Morgan fingerprint density at radius 2 is 2.00 bits per heavy atom. The number of rotatable bonds is 8. The number of carbonyl (C=O) groups excluding carboxylic acids is 1. The van der Waals surface area contributed by atoms with Gasteiger partial charge >= 0.3 is 0 Å². The van der Waals surface area contributed by atoms with Gasteiger partial charge in [0.2, 0.25) is 5.91 Å². The minimum atomic E-state index is -3.00. The SMILES string of the molecule is CCCC(N)CC(=O)NCCS(=O)(=O)CC. The Bertz CT molecular complexity index is 301. The molecular weight excluding hydrogens is 228 g/mol. The van der Waals surface area contributed by atoms with Crippen LogP contribution in [0.1, 0.15) is 33.1 Å². The molecule has 0 heterocycles. The van der Waals surface area contributed by atoms with Crippen molar-refractivity contribution in [3.63, 3.8) is 0 Å². The fraction of sp³-hybridized carbons (Fsp3) is 0.900. The number of carbonyl (C=O) groups is 1. The van der Waals surface area contributed by atoms with Gasteiger partial charge in [0, 0.05) is 24.8 Å². The summed E-state index contributed by atoms with van der Waals surface area (Å²) < 4.78 is 22.3. The molecule has 1 amide bonds. The van der Waals surface area contributed by atoms with Crippen molar-refractivity contribution >= 4 is 15.7 Å². The number of hydrogen-bond acceptors (Lipinski definition) is 4. The summed E-state index contributed by atoms with van der Waals surface area (Å²) in [6.07, 6.45) is 2.01. The van der Waals surface area contributed by atoms with Crippen molar-refractivity contribution < 1.29 is 13.2 Å². The highest BCUT2D eigenvalue weighted by atomic mass is 32.2. The minimum absolute atomic E-state index is 0.00173. The van der Waals surface area contributed by atoms with E-state index >= 15 is 0 Å². The van der Waals surface area contributed by atoms with E-state index in [1.54, 1.807) is 6.92 Å². The molecular formula is C10H22N2O3S. The quantitative estimate of drug-likeness (QED) is 0.637. The van der Waals surface area contributed by atoms with Gasteiger partial charge in [-0.3, -0.25) is 4.79 Å². The molecule has 1 unspecified atom stereocenters. The minimum Gasteiger partial charge on any atom is -0.355 e. The Hall–Kier alpha value is -0.620. The molecule has 3 N–H and O–H groups in total. The van der Waals surface area contributed by atoms with Gasteiger partial charge in [0.15, 0.2) is 9.84 Å². The van der Waals surface area contributed by atoms with Crippen LogP contribution in [0.15, 0.2) is 0 Å². The summed E-state index contributed by atoms with van der Waals surface area (Å²) in [5.74, 6) is -0.0662. The van der Waals surface area contributed by atoms with Crippen LogP contribution in [0.4, 0.5) is 0 Å². The molecule has 6 heteroatoms. The van der Waals surface area contributed by atoms with Gasteiger partial charge < -0.3 is 11.1 Å². The van der Waals surface area contributed by atoms with Gasteiger partial charge in [-0.1, -0.05) is 20.3 Å². The van der Waals surface area contributed by atoms with E-state index in [4.69, 9.17) is 5.73 Å². The maximum Gasteiger partial charge on any atom is 0.221 e. The van der Waals surface area contributed by atoms with Gasteiger partial charge in [-0.25, -0.2) is 8.42 Å². The molecule has 16 heavy (non-hydrogen) atoms. The maximum atomic E-state index is 11.3. The lowest BCUT2D eigenvalue weighted by atomic mass is 10.1. The fourth-order valence-electron chi connectivity index (χ4n) is 1.27. The van der Waals surface area contributed by atoms with E-state index in [0.29, 0.717) is 0 Å². The molecule has 0 aromatic rings. The molecule has 0 spiro atoms. The first-order valence-electron chi connectivity index (χ1n) is 5.64. The van der Waals surface area contributed by atoms with E-state index in [1.807, 2.05) is 6.92 Å². The molecule has 5 nitrogen and oxygen atoms in total. The Morgan fingerprint density at radius 1 is 1.38 bits per heavy atom. The summed E-state index contributed by atoms with van der Waals surface area (Å²) in [6, 6.07) is -0.132. The average Bonchev–Trinajstić information content (AvgIpc) is 2.17. The van der Waals surface area contributed by atoms with Crippen LogP contribution in [-0.4, -0.2) is 38.4 Å². The second-order valence-electron chi connectivity index (χ2n) is 3.84. The lowest BCUT2D eigenvalue weighted by Gasteiger charge is -2.10. The van der Waals surface area contributed by atoms with Gasteiger partial charge in [-0.05, 0) is 6.42 Å². The third-order valence-electron chi connectivity index (χ3n) is 2.28. The van der Waals surface area contributed by atoms with Crippen LogP contribution in [-0.2, 0) is 14.6 Å². The molecule has 0 bridgehead atoms. The van der Waals surface area contributed by atoms with Crippen LogP contribution in [0.2, 0.25) is 0 Å². The van der Waals surface area contributed by atoms with Gasteiger partial charge in [0.1, 0.15) is 0 Å². The lowest BCUT2D eigenvalue weighted by molar-refractivity contribution is -0.121. The second kappa shape index (κ2) is 7.62. The Labute approximate surface area is 97.7 Å². The van der Waals surface area contributed by atoms with Crippen molar-refractivity contribution in [3.05, 3.63) is 0 Å². The number of nitrogens with two attached hydrogens (primary N) is 1. The Balaban J connectivity index is 3.74. The molecule has 0 fully saturated rings. The molecule has 96 valence electrons. The number of hydrogen-bond donors (Lipinski definition) is 2. The van der Waals surface area contributed by atoms with Crippen LogP contribution >= 0.6 is 0 Å². The molecule has 0 aliphatic carbocycles. The monoisotopic (exact) mass is 250 g/mol. The Morgan fingerprint density at radius 3 is 2.50 bits per heavy atom. The number of nitrogens with one attached hydrogen (secondary N) is 1. The predicted molar refractivity (Wildman–Crippen MR) is 64.8 cm³/mol. The molecule has 0 rings (SSSR count). The first-order valence-corrected chi connectivity index (χ1v) is 7.46. The van der Waals surface area contributed by atoms with E-state index in [2.05, 4.69) is 5.32 Å². The summed E-state index contributed by atoms with van der Waals surface area (Å²) in [5, 5.41) is 2.56. The Kier molecular flexibility index (Phi) is 7.33. The summed E-state index contributed by atoms with van der Waals surface area (Å²) in [4.78, 5) is 11.3. The molecule has 0 aliphatic rings. The van der Waals surface area contributed by atoms with Gasteiger partial charge in [0.25, 0.3) is 0 Å². The molecule has 0 radical (unpaired) electrons. The van der Waals surface area contributed by atoms with E-state index < -0.39 is 9.84 Å². The van der Waals surface area contributed by atoms with Crippen molar-refractivity contribution in [2.45, 2.75) is 39.2 Å². The molecule has 0 saturated heterocycles. The summed E-state index contributed by atoms with van der Waals surface area (Å²) >= 11 is 0. The van der Waals surface area contributed by atoms with Crippen molar-refractivity contribution in [1.82, 2.24) is 5.32 Å². The molecule has 0 aromatic heterocycles. The first kappa shape index (κ1) is 15.4. The fourth-order valence-corrected chi connectivity index (χ4v) is 1.98. The van der Waals surface area contributed by atoms with E-state index in [-0.39, 0.29) is 36.4 Å². The zero-order valence-corrected chi connectivity index (χ0v) is 10.8. The van der Waals surface area contributed by atoms with Crippen molar-refractivity contribution in [3.8, 4) is 0 Å². The van der Waals surface area contributed by atoms with Crippen molar-refractivity contribution in [1.29, 1.82) is 0 Å². The van der Waals surface area contributed by atoms with E-state index in [1.165, 1.54) is 0 Å². The summed E-state index contributed by atoms with van der Waals surface area (Å²) in [7, 11) is -3.00. The van der Waals surface area contributed by atoms with Crippen LogP contribution < -0.4 is 11.1 Å². The van der Waals surface area contributed by atoms with Crippen LogP contribution in [0.5, 0.6) is 0 Å². The second-order valence-corrected chi connectivity index (χ2v) is 6.31. The summed E-state index contributed by atoms with van der Waals surface area (Å²) in [6.45, 7) is 3.77. The predicted octanol–water partition coefficient (Wildman–Crippen LogP) is 0.0548. The zero-order chi connectivity index (χ0) is 12.6. The maximum absolute atomic E-state index is 11.3. The largest absolute Gasteiger partial charge is 0.355 e. The number of amides is 1. The number of sulfone groups is 1. The van der Waals surface area contributed by atoms with E-state index in [0.717, 1.165) is 12.8 Å². The highest BCUT2D eigenvalue weighted by Gasteiger charge is 2.10. The van der Waals surface area contributed by atoms with Crippen molar-refractivity contribution in [2.24, 2.45) is 5.73 Å². The molecule has 0 aliphatic heterocycles. The summed E-state index contributed by atoms with van der Waals surface area (Å²) in [5.41, 5.74) is 5.69. The van der Waals surface area contributed by atoms with Crippen molar-refractivity contribution in [2.75, 3.05) is 18.1 Å². The lowest BCUT2D eigenvalue weighted by Crippen LogP contribution is -2.34. The average molecular weight is 250 g/mol. The highest BCUT2D eigenvalue weighted by Crippen LogP contribution is 1.97. The van der Waals surface area contributed by atoms with Gasteiger partial charge in [-0.15, -0.1) is 0 Å². The standard InChI is InChI=1S/C10H22N2O3S/c1-3-5-9(11)8-10(13)12-6-7-16(14,15)4-2/h9H,3-8,11H2,1-2H3,(H,12,13). The van der Waals surface area contributed by atoms with Crippen LogP contribution in [0, 0.1) is 0 Å². The third-order valence-corrected chi connectivity index (χ3v) is 3.99. The van der Waals surface area contributed by atoms with Crippen LogP contribution in [0.3, 0.4) is 0 Å². The highest BCUT2D eigenvalue weighted by molar-refractivity contribution is 7.91. The van der Waals surface area contributed by atoms with Gasteiger partial charge in [0.05, 0.1) is 5.75 Å². The molecule has 0 aromatic carbocycles. The topological polar surface area (TPSA) is 89.3 Å². The van der Waals surface area contributed by atoms with Crippen LogP contribution in [0.25, 0.3) is 0 Å². The van der Waals surface area contributed by atoms with Gasteiger partial charge in [-0.2, -0.15) is 0 Å². The zero-order valence-electron chi connectivity index (χ0n) is 10.0. The first-order chi connectivity index (χ1) is 7.41. The third kappa shape index (κ3) is 7.64.